The molecule has 1 amide bonds. The van der Waals surface area contributed by atoms with Crippen molar-refractivity contribution in [2.75, 3.05) is 27.4 Å². The molecule has 1 aromatic heterocycles. The number of carbonyl (C=O) groups is 1. The van der Waals surface area contributed by atoms with Gasteiger partial charge in [-0.1, -0.05) is 18.2 Å². The number of hydrogen-bond donors (Lipinski definition) is 1. The van der Waals surface area contributed by atoms with E-state index in [1.165, 1.54) is 0 Å². The van der Waals surface area contributed by atoms with Gasteiger partial charge in [-0.15, -0.1) is 0 Å². The maximum absolute atomic E-state index is 13.0. The molecule has 2 aromatic carbocycles. The summed E-state index contributed by atoms with van der Waals surface area (Å²) in [4.78, 5) is 17.7. The third-order valence-corrected chi connectivity index (χ3v) is 5.15. The van der Waals surface area contributed by atoms with Crippen LogP contribution in [-0.2, 0) is 4.74 Å². The van der Waals surface area contributed by atoms with E-state index in [-0.39, 0.29) is 12.0 Å². The third-order valence-electron chi connectivity index (χ3n) is 5.15. The zero-order chi connectivity index (χ0) is 20.2. The zero-order valence-corrected chi connectivity index (χ0v) is 16.6. The Bertz CT molecular complexity index is 1030. The minimum atomic E-state index is -0.124. The number of amides is 1. The van der Waals surface area contributed by atoms with Gasteiger partial charge >= 0.3 is 0 Å². The van der Waals surface area contributed by atoms with Gasteiger partial charge in [0.25, 0.3) is 5.91 Å². The fourth-order valence-corrected chi connectivity index (χ4v) is 3.61. The highest BCUT2D eigenvalue weighted by Crippen LogP contribution is 2.33. The number of benzene rings is 2. The Morgan fingerprint density at radius 2 is 1.97 bits per heavy atom. The van der Waals surface area contributed by atoms with E-state index in [1.54, 1.807) is 14.2 Å². The Hall–Kier alpha value is -3.12. The standard InChI is InChI=1S/C23H24N2O4/c1-27-21-10-9-15(12-22(21)28-2)20-13-18(17-7-3-4-8-19(17)25-20)23(26)24-14-16-6-5-11-29-16/h3-4,7-10,12-13,16H,5-6,11,14H2,1-2H3,(H,24,26)/t16-/m1/s1. The molecule has 3 aromatic rings. The molecule has 1 fully saturated rings. The number of aromatic nitrogens is 1. The summed E-state index contributed by atoms with van der Waals surface area (Å²) in [5.41, 5.74) is 2.91. The molecule has 1 aliphatic rings. The van der Waals surface area contributed by atoms with Crippen LogP contribution in [0.5, 0.6) is 11.5 Å². The van der Waals surface area contributed by atoms with Crippen molar-refractivity contribution in [2.45, 2.75) is 18.9 Å². The molecule has 2 heterocycles. The van der Waals surface area contributed by atoms with Crippen molar-refractivity contribution in [1.29, 1.82) is 0 Å². The summed E-state index contributed by atoms with van der Waals surface area (Å²) in [6, 6.07) is 15.1. The van der Waals surface area contributed by atoms with Crippen molar-refractivity contribution < 1.29 is 19.0 Å². The molecule has 0 aliphatic carbocycles. The minimum absolute atomic E-state index is 0.0948. The van der Waals surface area contributed by atoms with E-state index in [0.29, 0.717) is 29.3 Å². The van der Waals surface area contributed by atoms with E-state index in [2.05, 4.69) is 5.32 Å². The molecule has 0 unspecified atom stereocenters. The van der Waals surface area contributed by atoms with E-state index >= 15 is 0 Å². The number of fused-ring (bicyclic) bond motifs is 1. The molecule has 0 spiro atoms. The van der Waals surface area contributed by atoms with Gasteiger partial charge in [-0.25, -0.2) is 4.98 Å². The molecule has 1 saturated heterocycles. The number of rotatable bonds is 6. The van der Waals surface area contributed by atoms with Crippen LogP contribution < -0.4 is 14.8 Å². The highest BCUT2D eigenvalue weighted by Gasteiger charge is 2.19. The molecule has 1 N–H and O–H groups in total. The Labute approximate surface area is 169 Å². The Balaban J connectivity index is 1.71. The normalized spacial score (nSPS) is 16.0. The summed E-state index contributed by atoms with van der Waals surface area (Å²) >= 11 is 0. The van der Waals surface area contributed by atoms with E-state index in [9.17, 15) is 4.79 Å². The fraction of sp³-hybridized carbons (Fsp3) is 0.304. The van der Waals surface area contributed by atoms with Gasteiger partial charge in [-0.2, -0.15) is 0 Å². The summed E-state index contributed by atoms with van der Waals surface area (Å²) in [5.74, 6) is 1.14. The van der Waals surface area contributed by atoms with Gasteiger partial charge in [0.05, 0.1) is 37.1 Å². The number of nitrogens with one attached hydrogen (secondary N) is 1. The predicted octanol–water partition coefficient (Wildman–Crippen LogP) is 3.83. The molecular formula is C23H24N2O4. The summed E-state index contributed by atoms with van der Waals surface area (Å²) in [5, 5.41) is 3.84. The van der Waals surface area contributed by atoms with Crippen LogP contribution >= 0.6 is 0 Å². The lowest BCUT2D eigenvalue weighted by Crippen LogP contribution is -2.31. The number of pyridine rings is 1. The van der Waals surface area contributed by atoms with Gasteiger partial charge in [-0.3, -0.25) is 4.79 Å². The Morgan fingerprint density at radius 1 is 1.14 bits per heavy atom. The summed E-state index contributed by atoms with van der Waals surface area (Å²) in [6.45, 7) is 1.28. The van der Waals surface area contributed by atoms with Crippen molar-refractivity contribution in [2.24, 2.45) is 0 Å². The molecule has 29 heavy (non-hydrogen) atoms. The highest BCUT2D eigenvalue weighted by atomic mass is 16.5. The van der Waals surface area contributed by atoms with Gasteiger partial charge in [0.2, 0.25) is 0 Å². The summed E-state index contributed by atoms with van der Waals surface area (Å²) in [6.07, 6.45) is 2.12. The number of carbonyl (C=O) groups excluding carboxylic acids is 1. The van der Waals surface area contributed by atoms with Crippen LogP contribution in [0.2, 0.25) is 0 Å². The van der Waals surface area contributed by atoms with Gasteiger partial charge in [0, 0.05) is 24.1 Å². The molecule has 0 bridgehead atoms. The smallest absolute Gasteiger partial charge is 0.252 e. The second-order valence-corrected chi connectivity index (χ2v) is 6.99. The largest absolute Gasteiger partial charge is 0.493 e. The van der Waals surface area contributed by atoms with Gasteiger partial charge in [-0.05, 0) is 43.2 Å². The molecule has 6 heteroatoms. The molecule has 150 valence electrons. The van der Waals surface area contributed by atoms with Crippen LogP contribution in [-0.4, -0.2) is 44.4 Å². The quantitative estimate of drug-likeness (QED) is 0.690. The molecule has 1 atom stereocenters. The molecular weight excluding hydrogens is 368 g/mol. The van der Waals surface area contributed by atoms with Crippen LogP contribution in [0.25, 0.3) is 22.2 Å². The minimum Gasteiger partial charge on any atom is -0.493 e. The predicted molar refractivity (Wildman–Crippen MR) is 112 cm³/mol. The number of ether oxygens (including phenoxy) is 3. The van der Waals surface area contributed by atoms with Crippen molar-refractivity contribution in [3.63, 3.8) is 0 Å². The van der Waals surface area contributed by atoms with Gasteiger partial charge in [0.1, 0.15) is 0 Å². The van der Waals surface area contributed by atoms with Crippen molar-refractivity contribution in [1.82, 2.24) is 10.3 Å². The number of nitrogens with zero attached hydrogens (tertiary/aromatic N) is 1. The number of methoxy groups -OCH3 is 2. The molecule has 0 radical (unpaired) electrons. The lowest BCUT2D eigenvalue weighted by Gasteiger charge is -2.14. The van der Waals surface area contributed by atoms with Crippen molar-refractivity contribution in [3.8, 4) is 22.8 Å². The van der Waals surface area contributed by atoms with Gasteiger partial charge in [0.15, 0.2) is 11.5 Å². The van der Waals surface area contributed by atoms with Crippen LogP contribution in [0.15, 0.2) is 48.5 Å². The number of hydrogen-bond acceptors (Lipinski definition) is 5. The van der Waals surface area contributed by atoms with Crippen LogP contribution in [0, 0.1) is 0 Å². The maximum atomic E-state index is 13.0. The average Bonchev–Trinajstić information content (AvgIpc) is 3.30. The first kappa shape index (κ1) is 19.2. The summed E-state index contributed by atoms with van der Waals surface area (Å²) in [7, 11) is 3.20. The second kappa shape index (κ2) is 8.49. The lowest BCUT2D eigenvalue weighted by molar-refractivity contribution is 0.0859. The topological polar surface area (TPSA) is 69.7 Å². The number of para-hydroxylation sites is 1. The Morgan fingerprint density at radius 3 is 2.72 bits per heavy atom. The molecule has 0 saturated carbocycles. The monoisotopic (exact) mass is 392 g/mol. The van der Waals surface area contributed by atoms with E-state index in [4.69, 9.17) is 19.2 Å². The van der Waals surface area contributed by atoms with Crippen LogP contribution in [0.4, 0.5) is 0 Å². The first-order valence-electron chi connectivity index (χ1n) is 9.71. The first-order valence-corrected chi connectivity index (χ1v) is 9.71. The first-order chi connectivity index (χ1) is 14.2. The third kappa shape index (κ3) is 4.03. The molecule has 6 nitrogen and oxygen atoms in total. The Kier molecular flexibility index (Phi) is 5.62. The van der Waals surface area contributed by atoms with Crippen LogP contribution in [0.3, 0.4) is 0 Å². The van der Waals surface area contributed by atoms with Gasteiger partial charge < -0.3 is 19.5 Å². The molecule has 4 rings (SSSR count). The average molecular weight is 392 g/mol. The van der Waals surface area contributed by atoms with E-state index in [1.807, 2.05) is 48.5 Å². The van der Waals surface area contributed by atoms with Crippen molar-refractivity contribution in [3.05, 3.63) is 54.1 Å². The highest BCUT2D eigenvalue weighted by molar-refractivity contribution is 6.07. The summed E-state index contributed by atoms with van der Waals surface area (Å²) < 4.78 is 16.3. The van der Waals surface area contributed by atoms with Crippen LogP contribution in [0.1, 0.15) is 23.2 Å². The van der Waals surface area contributed by atoms with E-state index < -0.39 is 0 Å². The maximum Gasteiger partial charge on any atom is 0.252 e. The van der Waals surface area contributed by atoms with Crippen molar-refractivity contribution >= 4 is 16.8 Å². The van der Waals surface area contributed by atoms with E-state index in [0.717, 1.165) is 35.9 Å². The zero-order valence-electron chi connectivity index (χ0n) is 16.6. The lowest BCUT2D eigenvalue weighted by atomic mass is 10.0. The second-order valence-electron chi connectivity index (χ2n) is 6.99. The SMILES string of the molecule is COc1ccc(-c2cc(C(=O)NC[C@H]3CCCO3)c3ccccc3n2)cc1OC. The fourth-order valence-electron chi connectivity index (χ4n) is 3.61. The molecule has 1 aliphatic heterocycles.